The molecule has 0 aromatic heterocycles. The van der Waals surface area contributed by atoms with E-state index in [2.05, 4.69) is 0 Å². The topological polar surface area (TPSA) is 83.6 Å². The van der Waals surface area contributed by atoms with Crippen LogP contribution in [0, 0.1) is 0 Å². The van der Waals surface area contributed by atoms with Gasteiger partial charge in [0.1, 0.15) is 17.2 Å². The number of hydrogen-bond acceptors (Lipinski definition) is 3. The van der Waals surface area contributed by atoms with Gasteiger partial charge in [-0.25, -0.2) is 4.79 Å². The van der Waals surface area contributed by atoms with Crippen LogP contribution in [0.4, 0.5) is 0 Å². The maximum Gasteiger partial charge on any atom is 0.352 e. The molecule has 1 heterocycles. The van der Waals surface area contributed by atoms with Gasteiger partial charge in [-0.2, -0.15) is 0 Å². The van der Waals surface area contributed by atoms with Crippen molar-refractivity contribution in [3.63, 3.8) is 0 Å². The Hall–Kier alpha value is -1.07. The molecule has 3 N–H and O–H groups in total. The molecule has 0 aliphatic carbocycles. The summed E-state index contributed by atoms with van der Waals surface area (Å²) in [5, 5.41) is 8.85. The third-order valence-corrected chi connectivity index (χ3v) is 2.45. The number of β-lactam (4-membered cyclic amide) rings is 1. The predicted molar refractivity (Wildman–Crippen MR) is 50.5 cm³/mol. The molecule has 14 heavy (non-hydrogen) atoms. The number of amides is 1. The van der Waals surface area contributed by atoms with Gasteiger partial charge < -0.3 is 10.8 Å². The van der Waals surface area contributed by atoms with Crippen molar-refractivity contribution >= 4 is 23.5 Å². The van der Waals surface area contributed by atoms with Gasteiger partial charge in [-0.15, -0.1) is 0 Å². The van der Waals surface area contributed by atoms with E-state index in [1.807, 2.05) is 0 Å². The van der Waals surface area contributed by atoms with Gasteiger partial charge in [0.25, 0.3) is 0 Å². The number of hydrogen-bond donors (Lipinski definition) is 2. The summed E-state index contributed by atoms with van der Waals surface area (Å²) in [5.74, 6) is -1.63. The Morgan fingerprint density at radius 3 is 2.36 bits per heavy atom. The molecular formula is C8H11ClN2O3. The molecule has 78 valence electrons. The number of carboxylic acids is 1. The number of carboxylic acid groups (broad SMARTS) is 1. The predicted octanol–water partition coefficient (Wildman–Crippen LogP) is 0.0993. The van der Waals surface area contributed by atoms with Gasteiger partial charge in [-0.05, 0) is 19.4 Å². The molecule has 6 heteroatoms. The fourth-order valence-electron chi connectivity index (χ4n) is 1.27. The first-order chi connectivity index (χ1) is 6.37. The zero-order valence-electron chi connectivity index (χ0n) is 7.82. The maximum absolute atomic E-state index is 11.2. The summed E-state index contributed by atoms with van der Waals surface area (Å²) >= 11 is 5.73. The van der Waals surface area contributed by atoms with Gasteiger partial charge in [-0.1, -0.05) is 11.6 Å². The number of nitrogens with zero attached hydrogens (tertiary/aromatic N) is 1. The van der Waals surface area contributed by atoms with Crippen molar-refractivity contribution in [2.75, 3.05) is 0 Å². The van der Waals surface area contributed by atoms with Crippen LogP contribution in [0.1, 0.15) is 13.8 Å². The van der Waals surface area contributed by atoms with E-state index >= 15 is 0 Å². The van der Waals surface area contributed by atoms with Crippen molar-refractivity contribution < 1.29 is 14.7 Å². The first-order valence-corrected chi connectivity index (χ1v) is 4.45. The number of carbonyl (C=O) groups excluding carboxylic acids is 1. The van der Waals surface area contributed by atoms with E-state index in [0.717, 1.165) is 4.90 Å². The van der Waals surface area contributed by atoms with E-state index < -0.39 is 23.4 Å². The highest BCUT2D eigenvalue weighted by Crippen LogP contribution is 2.28. The zero-order valence-corrected chi connectivity index (χ0v) is 8.58. The fourth-order valence-corrected chi connectivity index (χ4v) is 1.57. The van der Waals surface area contributed by atoms with Gasteiger partial charge >= 0.3 is 5.97 Å². The lowest BCUT2D eigenvalue weighted by Crippen LogP contribution is -2.66. The summed E-state index contributed by atoms with van der Waals surface area (Å²) in [4.78, 5) is 23.1. The number of halogens is 1. The highest BCUT2D eigenvalue weighted by molar-refractivity contribution is 6.27. The van der Waals surface area contributed by atoms with Crippen LogP contribution in [-0.2, 0) is 9.59 Å². The molecule has 1 rings (SSSR count). The van der Waals surface area contributed by atoms with Crippen molar-refractivity contribution in [3.05, 3.63) is 11.3 Å². The zero-order chi connectivity index (χ0) is 11.0. The molecule has 1 aliphatic heterocycles. The van der Waals surface area contributed by atoms with Crippen molar-refractivity contribution in [2.45, 2.75) is 25.4 Å². The van der Waals surface area contributed by atoms with Gasteiger partial charge in [0, 0.05) is 0 Å². The summed E-state index contributed by atoms with van der Waals surface area (Å²) in [7, 11) is 0. The number of nitrogens with two attached hydrogens (primary N) is 1. The minimum Gasteiger partial charge on any atom is -0.477 e. The normalized spacial score (nSPS) is 25.7. The molecule has 1 saturated heterocycles. The van der Waals surface area contributed by atoms with Gasteiger partial charge in [0.15, 0.2) is 0 Å². The van der Waals surface area contributed by atoms with E-state index in [4.69, 9.17) is 22.4 Å². The molecule has 1 aliphatic rings. The highest BCUT2D eigenvalue weighted by Gasteiger charge is 2.47. The molecule has 1 fully saturated rings. The van der Waals surface area contributed by atoms with Crippen LogP contribution >= 0.6 is 11.6 Å². The summed E-state index contributed by atoms with van der Waals surface area (Å²) < 4.78 is 0. The van der Waals surface area contributed by atoms with Gasteiger partial charge in [0.2, 0.25) is 5.91 Å². The Kier molecular flexibility index (Phi) is 2.82. The van der Waals surface area contributed by atoms with Crippen LogP contribution < -0.4 is 5.73 Å². The molecule has 5 nitrogen and oxygen atoms in total. The maximum atomic E-state index is 11.2. The van der Waals surface area contributed by atoms with E-state index in [-0.39, 0.29) is 5.70 Å². The van der Waals surface area contributed by atoms with Gasteiger partial charge in [-0.3, -0.25) is 9.69 Å². The van der Waals surface area contributed by atoms with E-state index in [9.17, 15) is 9.59 Å². The Morgan fingerprint density at radius 1 is 1.57 bits per heavy atom. The smallest absolute Gasteiger partial charge is 0.352 e. The lowest BCUT2D eigenvalue weighted by Gasteiger charge is -2.41. The third-order valence-electron chi connectivity index (χ3n) is 1.98. The summed E-state index contributed by atoms with van der Waals surface area (Å²) in [6.45, 7) is 3.20. The monoisotopic (exact) mass is 218 g/mol. The number of likely N-dealkylation sites (tertiary alicyclic amines) is 1. The largest absolute Gasteiger partial charge is 0.477 e. The number of rotatable bonds is 2. The molecule has 0 aromatic carbocycles. The summed E-state index contributed by atoms with van der Waals surface area (Å²) in [6.07, 6.45) is 0. The standard InChI is InChI=1S/C8H11ClN2O3/c1-3(2)5(8(13)14)11-6(9)4(10)7(11)12/h4,6H,10H2,1-2H3,(H,13,14)/t4-,6+/m1/s1. The average molecular weight is 219 g/mol. The third kappa shape index (κ3) is 1.49. The quantitative estimate of drug-likeness (QED) is 0.298. The first kappa shape index (κ1) is 11.0. The highest BCUT2D eigenvalue weighted by atomic mass is 35.5. The lowest BCUT2D eigenvalue weighted by molar-refractivity contribution is -0.148. The second kappa shape index (κ2) is 3.59. The Bertz CT molecular complexity index is 323. The molecule has 0 aromatic rings. The minimum absolute atomic E-state index is 0.0864. The number of alkyl halides is 1. The number of carbonyl (C=O) groups is 2. The van der Waals surface area contributed by atoms with Crippen LogP contribution in [0.2, 0.25) is 0 Å². The molecule has 1 amide bonds. The Labute approximate surface area is 86.1 Å². The molecule has 0 unspecified atom stereocenters. The van der Waals surface area contributed by atoms with Crippen molar-refractivity contribution in [1.29, 1.82) is 0 Å². The number of aliphatic carboxylic acids is 1. The van der Waals surface area contributed by atoms with Crippen LogP contribution in [-0.4, -0.2) is 33.4 Å². The number of allylic oxidation sites excluding steroid dienone is 1. The lowest BCUT2D eigenvalue weighted by atomic mass is 10.1. The van der Waals surface area contributed by atoms with Crippen molar-refractivity contribution in [1.82, 2.24) is 4.90 Å². The SMILES string of the molecule is CC(C)=C(C(=O)O)N1C(=O)[C@H](N)[C@H]1Cl. The van der Waals surface area contributed by atoms with E-state index in [1.165, 1.54) is 0 Å². The van der Waals surface area contributed by atoms with Crippen molar-refractivity contribution in [2.24, 2.45) is 5.73 Å². The Balaban J connectivity index is 3.00. The van der Waals surface area contributed by atoms with Crippen LogP contribution in [0.25, 0.3) is 0 Å². The van der Waals surface area contributed by atoms with Crippen molar-refractivity contribution in [3.8, 4) is 0 Å². The molecule has 0 saturated carbocycles. The van der Waals surface area contributed by atoms with Crippen LogP contribution in [0.5, 0.6) is 0 Å². The average Bonchev–Trinajstić information content (AvgIpc) is 2.10. The van der Waals surface area contributed by atoms with Crippen LogP contribution in [0.15, 0.2) is 11.3 Å². The summed E-state index contributed by atoms with van der Waals surface area (Å²) in [6, 6.07) is -0.801. The first-order valence-electron chi connectivity index (χ1n) is 4.01. The molecule has 2 atom stereocenters. The minimum atomic E-state index is -1.17. The molecule has 0 radical (unpaired) electrons. The summed E-state index contributed by atoms with van der Waals surface area (Å²) in [5.41, 5.74) is 5.03. The molecule has 0 bridgehead atoms. The van der Waals surface area contributed by atoms with E-state index in [0.29, 0.717) is 5.57 Å². The Morgan fingerprint density at radius 2 is 2.07 bits per heavy atom. The second-order valence-electron chi connectivity index (χ2n) is 3.26. The molecule has 0 spiro atoms. The fraction of sp³-hybridized carbons (Fsp3) is 0.500. The second-order valence-corrected chi connectivity index (χ2v) is 3.71. The van der Waals surface area contributed by atoms with Crippen LogP contribution in [0.3, 0.4) is 0 Å². The molecular weight excluding hydrogens is 208 g/mol. The van der Waals surface area contributed by atoms with E-state index in [1.54, 1.807) is 13.8 Å². The van der Waals surface area contributed by atoms with Gasteiger partial charge in [0.05, 0.1) is 0 Å².